The second-order valence-corrected chi connectivity index (χ2v) is 7.91. The number of nitrogens with zero attached hydrogens (tertiary/aromatic N) is 3. The lowest BCUT2D eigenvalue weighted by Gasteiger charge is -2.24. The van der Waals surface area contributed by atoms with Crippen LogP contribution in [-0.2, 0) is 11.3 Å². The number of unbranched alkanes of at least 4 members (excludes halogenated alkanes) is 1. The minimum atomic E-state index is -0.198. The number of rotatable bonds is 9. The molecule has 2 heterocycles. The second-order valence-electron chi connectivity index (χ2n) is 7.05. The van der Waals surface area contributed by atoms with Crippen molar-refractivity contribution in [3.8, 4) is 0 Å². The monoisotopic (exact) mass is 400 g/mol. The summed E-state index contributed by atoms with van der Waals surface area (Å²) in [4.78, 5) is 33.7. The van der Waals surface area contributed by atoms with Crippen LogP contribution in [0.2, 0.25) is 0 Å². The van der Waals surface area contributed by atoms with Crippen LogP contribution in [0.4, 0.5) is 5.13 Å². The average Bonchev–Trinajstić information content (AvgIpc) is 3.40. The summed E-state index contributed by atoms with van der Waals surface area (Å²) in [7, 11) is 0. The van der Waals surface area contributed by atoms with Gasteiger partial charge < -0.3 is 15.1 Å². The third-order valence-electron chi connectivity index (χ3n) is 4.82. The smallest absolute Gasteiger partial charge is 0.274 e. The Bertz CT molecular complexity index is 772. The average molecular weight is 401 g/mol. The summed E-state index contributed by atoms with van der Waals surface area (Å²) < 4.78 is 0. The molecule has 1 saturated heterocycles. The van der Waals surface area contributed by atoms with Gasteiger partial charge in [-0.15, -0.1) is 11.3 Å². The van der Waals surface area contributed by atoms with Crippen LogP contribution in [0.5, 0.6) is 0 Å². The van der Waals surface area contributed by atoms with Crippen LogP contribution in [-0.4, -0.2) is 52.8 Å². The van der Waals surface area contributed by atoms with Gasteiger partial charge in [0.2, 0.25) is 5.91 Å². The van der Waals surface area contributed by atoms with E-state index in [1.165, 1.54) is 11.3 Å². The molecule has 6 nitrogen and oxygen atoms in total. The maximum absolute atomic E-state index is 13.1. The van der Waals surface area contributed by atoms with Gasteiger partial charge in [-0.25, -0.2) is 4.98 Å². The van der Waals surface area contributed by atoms with Crippen LogP contribution in [0, 0.1) is 0 Å². The van der Waals surface area contributed by atoms with E-state index < -0.39 is 0 Å². The van der Waals surface area contributed by atoms with Crippen molar-refractivity contribution in [3.63, 3.8) is 0 Å². The van der Waals surface area contributed by atoms with E-state index in [2.05, 4.69) is 17.2 Å². The number of carbonyl (C=O) groups is 2. The molecule has 0 aliphatic carbocycles. The predicted molar refractivity (Wildman–Crippen MR) is 113 cm³/mol. The van der Waals surface area contributed by atoms with E-state index in [0.717, 1.165) is 56.0 Å². The summed E-state index contributed by atoms with van der Waals surface area (Å²) in [5, 5.41) is 5.78. The number of anilines is 1. The van der Waals surface area contributed by atoms with Gasteiger partial charge in [-0.2, -0.15) is 0 Å². The summed E-state index contributed by atoms with van der Waals surface area (Å²) in [5.74, 6) is -0.186. The zero-order valence-electron chi connectivity index (χ0n) is 16.4. The molecular formula is C21H28N4O2S. The van der Waals surface area contributed by atoms with Crippen molar-refractivity contribution in [1.29, 1.82) is 0 Å². The molecule has 1 N–H and O–H groups in total. The van der Waals surface area contributed by atoms with E-state index >= 15 is 0 Å². The Hall–Kier alpha value is -2.41. The number of hydrogen-bond donors (Lipinski definition) is 1. The van der Waals surface area contributed by atoms with Crippen LogP contribution < -0.4 is 5.32 Å². The fourth-order valence-corrected chi connectivity index (χ4v) is 3.93. The van der Waals surface area contributed by atoms with E-state index in [-0.39, 0.29) is 18.4 Å². The Balaban J connectivity index is 1.71. The third kappa shape index (κ3) is 5.55. The van der Waals surface area contributed by atoms with Gasteiger partial charge in [-0.05, 0) is 24.8 Å². The quantitative estimate of drug-likeness (QED) is 0.653. The lowest BCUT2D eigenvalue weighted by Crippen LogP contribution is -2.41. The second kappa shape index (κ2) is 10.2. The lowest BCUT2D eigenvalue weighted by atomic mass is 10.2. The van der Waals surface area contributed by atoms with Crippen LogP contribution in [0.25, 0.3) is 0 Å². The number of thiazole rings is 1. The Labute approximate surface area is 170 Å². The highest BCUT2D eigenvalue weighted by atomic mass is 32.1. The predicted octanol–water partition coefficient (Wildman–Crippen LogP) is 3.62. The largest absolute Gasteiger partial charge is 0.362 e. The molecule has 0 bridgehead atoms. The van der Waals surface area contributed by atoms with Crippen LogP contribution in [0.3, 0.4) is 0 Å². The molecule has 1 aliphatic rings. The van der Waals surface area contributed by atoms with Gasteiger partial charge in [0.1, 0.15) is 12.2 Å². The van der Waals surface area contributed by atoms with Crippen LogP contribution in [0.15, 0.2) is 35.7 Å². The number of benzene rings is 1. The van der Waals surface area contributed by atoms with E-state index in [9.17, 15) is 9.59 Å². The Morgan fingerprint density at radius 2 is 1.96 bits per heavy atom. The fraction of sp³-hybridized carbons (Fsp3) is 0.476. The molecule has 3 rings (SSSR count). The number of likely N-dealkylation sites (tertiary alicyclic amines) is 1. The first-order valence-corrected chi connectivity index (χ1v) is 10.9. The van der Waals surface area contributed by atoms with Gasteiger partial charge in [-0.3, -0.25) is 9.59 Å². The van der Waals surface area contributed by atoms with Gasteiger partial charge in [0, 0.05) is 31.6 Å². The molecular weight excluding hydrogens is 372 g/mol. The maximum atomic E-state index is 13.1. The normalized spacial score (nSPS) is 13.5. The first-order valence-electron chi connectivity index (χ1n) is 9.97. The van der Waals surface area contributed by atoms with Gasteiger partial charge in [-0.1, -0.05) is 43.7 Å². The summed E-state index contributed by atoms with van der Waals surface area (Å²) in [6.07, 6.45) is 4.25. The zero-order valence-corrected chi connectivity index (χ0v) is 17.2. The molecule has 0 saturated carbocycles. The van der Waals surface area contributed by atoms with Crippen molar-refractivity contribution in [2.24, 2.45) is 0 Å². The van der Waals surface area contributed by atoms with Crippen molar-refractivity contribution in [1.82, 2.24) is 14.8 Å². The summed E-state index contributed by atoms with van der Waals surface area (Å²) in [6, 6.07) is 9.77. The molecule has 1 aromatic heterocycles. The first kappa shape index (κ1) is 20.3. The lowest BCUT2D eigenvalue weighted by molar-refractivity contribution is -0.130. The van der Waals surface area contributed by atoms with Crippen molar-refractivity contribution >= 4 is 28.3 Å². The molecule has 150 valence electrons. The summed E-state index contributed by atoms with van der Waals surface area (Å²) in [5.41, 5.74) is 1.40. The number of carbonyl (C=O) groups excluding carboxylic acids is 2. The van der Waals surface area contributed by atoms with E-state index in [4.69, 9.17) is 0 Å². The minimum Gasteiger partial charge on any atom is -0.362 e. The minimum absolute atomic E-state index is 0.0123. The molecule has 1 aliphatic heterocycles. The van der Waals surface area contributed by atoms with E-state index in [0.29, 0.717) is 12.2 Å². The Morgan fingerprint density at radius 1 is 1.21 bits per heavy atom. The van der Waals surface area contributed by atoms with E-state index in [1.54, 1.807) is 10.3 Å². The van der Waals surface area contributed by atoms with Crippen molar-refractivity contribution in [2.45, 2.75) is 39.2 Å². The highest BCUT2D eigenvalue weighted by Crippen LogP contribution is 2.19. The topological polar surface area (TPSA) is 65.5 Å². The number of aromatic nitrogens is 1. The fourth-order valence-electron chi connectivity index (χ4n) is 3.22. The van der Waals surface area contributed by atoms with Crippen molar-refractivity contribution in [2.75, 3.05) is 31.5 Å². The first-order chi connectivity index (χ1) is 13.7. The standard InChI is InChI=1S/C21H28N4O2S/c1-2-3-11-22-21-23-18(16-28-21)20(27)25(14-17-9-5-4-6-10-17)15-19(26)24-12-7-8-13-24/h4-6,9-10,16H,2-3,7-8,11-15H2,1H3,(H,22,23). The van der Waals surface area contributed by atoms with Crippen LogP contribution >= 0.6 is 11.3 Å². The van der Waals surface area contributed by atoms with E-state index in [1.807, 2.05) is 35.2 Å². The van der Waals surface area contributed by atoms with Gasteiger partial charge in [0.25, 0.3) is 5.91 Å². The molecule has 2 amide bonds. The maximum Gasteiger partial charge on any atom is 0.274 e. The molecule has 0 unspecified atom stereocenters. The number of nitrogens with one attached hydrogen (secondary N) is 1. The molecule has 0 atom stereocenters. The third-order valence-corrected chi connectivity index (χ3v) is 5.62. The van der Waals surface area contributed by atoms with Crippen LogP contribution in [0.1, 0.15) is 48.7 Å². The Morgan fingerprint density at radius 3 is 2.68 bits per heavy atom. The summed E-state index contributed by atoms with van der Waals surface area (Å²) >= 11 is 1.43. The number of amides is 2. The van der Waals surface area contributed by atoms with Crippen molar-refractivity contribution in [3.05, 3.63) is 47.0 Å². The van der Waals surface area contributed by atoms with Gasteiger partial charge >= 0.3 is 0 Å². The highest BCUT2D eigenvalue weighted by Gasteiger charge is 2.25. The molecule has 0 spiro atoms. The molecule has 0 radical (unpaired) electrons. The van der Waals surface area contributed by atoms with Gasteiger partial charge in [0.15, 0.2) is 5.13 Å². The molecule has 1 fully saturated rings. The molecule has 1 aromatic carbocycles. The van der Waals surface area contributed by atoms with Gasteiger partial charge in [0.05, 0.1) is 0 Å². The summed E-state index contributed by atoms with van der Waals surface area (Å²) in [6.45, 7) is 5.04. The Kier molecular flexibility index (Phi) is 7.42. The molecule has 2 aromatic rings. The van der Waals surface area contributed by atoms with Crippen molar-refractivity contribution < 1.29 is 9.59 Å². The SMILES string of the molecule is CCCCNc1nc(C(=O)N(CC(=O)N2CCCC2)Cc2ccccc2)cs1. The zero-order chi connectivity index (χ0) is 19.8. The molecule has 7 heteroatoms. The number of hydrogen-bond acceptors (Lipinski definition) is 5. The molecule has 28 heavy (non-hydrogen) atoms. The highest BCUT2D eigenvalue weighted by molar-refractivity contribution is 7.13.